The lowest BCUT2D eigenvalue weighted by molar-refractivity contribution is 0.0506. The van der Waals surface area contributed by atoms with Gasteiger partial charge in [-0.05, 0) is 72.6 Å². The zero-order valence-electron chi connectivity index (χ0n) is 23.1. The van der Waals surface area contributed by atoms with E-state index >= 15 is 0 Å². The van der Waals surface area contributed by atoms with E-state index in [9.17, 15) is 18.4 Å². The van der Waals surface area contributed by atoms with Crippen LogP contribution in [0.2, 0.25) is 5.28 Å². The first-order chi connectivity index (χ1) is 17.9. The number of thiophene rings is 1. The molecule has 0 bridgehead atoms. The lowest BCUT2D eigenvalue weighted by atomic mass is 10.1. The molecular formula is C26H32ClF2N5O4S. The number of aryl methyl sites for hydroxylation is 1. The van der Waals surface area contributed by atoms with Gasteiger partial charge in [-0.15, -0.1) is 11.3 Å². The molecule has 0 spiro atoms. The fraction of sp³-hybridized carbons (Fsp3) is 0.500. The number of halogens is 3. The normalized spacial score (nSPS) is 12.8. The zero-order chi connectivity index (χ0) is 29.3. The van der Waals surface area contributed by atoms with Gasteiger partial charge in [0.2, 0.25) is 5.28 Å². The second kappa shape index (κ2) is 11.5. The molecule has 0 aliphatic heterocycles. The number of aromatic nitrogens is 3. The van der Waals surface area contributed by atoms with Crippen LogP contribution in [0.1, 0.15) is 64.5 Å². The Morgan fingerprint density at radius 3 is 2.23 bits per heavy atom. The van der Waals surface area contributed by atoms with E-state index in [-0.39, 0.29) is 22.7 Å². The first-order valence-corrected chi connectivity index (χ1v) is 13.4. The number of amides is 2. The van der Waals surface area contributed by atoms with Crippen molar-refractivity contribution in [3.63, 3.8) is 0 Å². The summed E-state index contributed by atoms with van der Waals surface area (Å²) in [5, 5.41) is 2.65. The van der Waals surface area contributed by atoms with Gasteiger partial charge >= 0.3 is 12.2 Å². The number of carbonyl (C=O) groups is 2. The van der Waals surface area contributed by atoms with Crippen molar-refractivity contribution in [2.75, 3.05) is 4.90 Å². The molecule has 3 rings (SSSR count). The van der Waals surface area contributed by atoms with Crippen molar-refractivity contribution >= 4 is 51.2 Å². The van der Waals surface area contributed by atoms with Crippen LogP contribution in [0.5, 0.6) is 0 Å². The molecule has 13 heteroatoms. The number of hydrogen-bond donors (Lipinski definition) is 1. The molecule has 2 amide bonds. The summed E-state index contributed by atoms with van der Waals surface area (Å²) in [7, 11) is 0. The molecule has 39 heavy (non-hydrogen) atoms. The van der Waals surface area contributed by atoms with E-state index in [2.05, 4.69) is 20.3 Å². The van der Waals surface area contributed by atoms with Crippen LogP contribution in [0.3, 0.4) is 0 Å². The highest BCUT2D eigenvalue weighted by molar-refractivity contribution is 7.19. The van der Waals surface area contributed by atoms with Crippen molar-refractivity contribution in [3.8, 4) is 0 Å². The summed E-state index contributed by atoms with van der Waals surface area (Å²) >= 11 is 7.55. The van der Waals surface area contributed by atoms with Crippen LogP contribution in [0.25, 0.3) is 10.2 Å². The quantitative estimate of drug-likeness (QED) is 0.321. The molecule has 0 radical (unpaired) electrons. The predicted molar refractivity (Wildman–Crippen MR) is 146 cm³/mol. The summed E-state index contributed by atoms with van der Waals surface area (Å²) in [6.07, 6.45) is 0.724. The smallest absolute Gasteiger partial charge is 0.416 e. The molecule has 0 saturated heterocycles. The molecule has 3 aromatic heterocycles. The first kappa shape index (κ1) is 30.4. The fourth-order valence-electron chi connectivity index (χ4n) is 3.60. The molecule has 3 heterocycles. The second-order valence-electron chi connectivity index (χ2n) is 11.0. The maximum atomic E-state index is 14.6. The van der Waals surface area contributed by atoms with Crippen LogP contribution in [0.15, 0.2) is 12.4 Å². The molecule has 212 valence electrons. The largest absolute Gasteiger partial charge is 0.444 e. The number of pyridine rings is 1. The van der Waals surface area contributed by atoms with Crippen molar-refractivity contribution in [1.82, 2.24) is 20.3 Å². The van der Waals surface area contributed by atoms with E-state index < -0.39 is 41.6 Å². The van der Waals surface area contributed by atoms with Crippen molar-refractivity contribution < 1.29 is 27.8 Å². The fourth-order valence-corrected chi connectivity index (χ4v) is 5.13. The van der Waals surface area contributed by atoms with Crippen LogP contribution in [0, 0.1) is 18.6 Å². The summed E-state index contributed by atoms with van der Waals surface area (Å²) in [5.41, 5.74) is -0.693. The van der Waals surface area contributed by atoms with E-state index in [0.29, 0.717) is 16.6 Å². The Morgan fingerprint density at radius 1 is 1.08 bits per heavy atom. The maximum Gasteiger partial charge on any atom is 0.416 e. The number of rotatable bonds is 6. The van der Waals surface area contributed by atoms with Crippen LogP contribution < -0.4 is 10.2 Å². The van der Waals surface area contributed by atoms with Gasteiger partial charge in [0.05, 0.1) is 29.2 Å². The number of alkyl carbamates (subject to hydrolysis) is 1. The molecular weight excluding hydrogens is 552 g/mol. The first-order valence-electron chi connectivity index (χ1n) is 12.2. The van der Waals surface area contributed by atoms with Crippen LogP contribution >= 0.6 is 22.9 Å². The van der Waals surface area contributed by atoms with Crippen LogP contribution in [0.4, 0.5) is 24.2 Å². The van der Waals surface area contributed by atoms with Gasteiger partial charge in [-0.3, -0.25) is 9.88 Å². The number of ether oxygens (including phenoxy) is 2. The minimum atomic E-state index is -0.926. The van der Waals surface area contributed by atoms with Gasteiger partial charge in [-0.2, -0.15) is 4.98 Å². The lowest BCUT2D eigenvalue weighted by Gasteiger charge is -2.27. The number of anilines is 1. The minimum Gasteiger partial charge on any atom is -0.444 e. The molecule has 0 aliphatic rings. The van der Waals surface area contributed by atoms with Crippen molar-refractivity contribution in [3.05, 3.63) is 45.3 Å². The Labute approximate surface area is 234 Å². The third kappa shape index (κ3) is 7.95. The summed E-state index contributed by atoms with van der Waals surface area (Å²) in [5.74, 6) is -1.81. The van der Waals surface area contributed by atoms with Gasteiger partial charge < -0.3 is 14.8 Å². The highest BCUT2D eigenvalue weighted by Crippen LogP contribution is 2.38. The Bertz CT molecular complexity index is 1370. The van der Waals surface area contributed by atoms with Crippen molar-refractivity contribution in [1.29, 1.82) is 0 Å². The third-order valence-corrected chi connectivity index (χ3v) is 6.68. The van der Waals surface area contributed by atoms with Gasteiger partial charge in [-0.1, -0.05) is 0 Å². The Balaban J connectivity index is 2.05. The minimum absolute atomic E-state index is 0.0435. The predicted octanol–water partition coefficient (Wildman–Crippen LogP) is 6.72. The zero-order valence-corrected chi connectivity index (χ0v) is 24.7. The van der Waals surface area contributed by atoms with E-state index in [0.717, 1.165) is 27.7 Å². The number of nitrogens with zero attached hydrogens (tertiary/aromatic N) is 4. The second-order valence-corrected chi connectivity index (χ2v) is 12.5. The lowest BCUT2D eigenvalue weighted by Crippen LogP contribution is -2.38. The molecule has 0 aromatic carbocycles. The number of fused-ring (bicyclic) bond motifs is 1. The van der Waals surface area contributed by atoms with E-state index in [1.54, 1.807) is 41.5 Å². The molecule has 0 aliphatic carbocycles. The van der Waals surface area contributed by atoms with Gasteiger partial charge in [-0.25, -0.2) is 23.4 Å². The molecule has 0 fully saturated rings. The van der Waals surface area contributed by atoms with Gasteiger partial charge in [0.25, 0.3) is 0 Å². The average molecular weight is 584 g/mol. The van der Waals surface area contributed by atoms with Gasteiger partial charge in [0.15, 0.2) is 5.82 Å². The summed E-state index contributed by atoms with van der Waals surface area (Å²) in [6, 6.07) is -0.305. The summed E-state index contributed by atoms with van der Waals surface area (Å²) in [6.45, 7) is 13.5. The third-order valence-electron chi connectivity index (χ3n) is 5.21. The molecule has 1 N–H and O–H groups in total. The van der Waals surface area contributed by atoms with E-state index in [4.69, 9.17) is 21.1 Å². The Hall–Kier alpha value is -3.12. The molecule has 0 saturated carbocycles. The highest BCUT2D eigenvalue weighted by Gasteiger charge is 2.30. The van der Waals surface area contributed by atoms with Gasteiger partial charge in [0.1, 0.15) is 22.8 Å². The Morgan fingerprint density at radius 2 is 1.67 bits per heavy atom. The standard InChI is InChI=1S/C26H32ClF2N5O4S/c1-13(31-23(35)37-25(3,4)5)9-18-14(2)19-20(39-18)21(33-22(27)32-19)34(24(36)38-26(6,7)8)12-15-16(28)10-30-11-17(15)29/h10-11,13H,9,12H2,1-8H3,(H,31,35)/t13-/m0/s1. The van der Waals surface area contributed by atoms with E-state index in [1.165, 1.54) is 11.3 Å². The molecule has 3 aromatic rings. The average Bonchev–Trinajstić information content (AvgIpc) is 3.05. The topological polar surface area (TPSA) is 107 Å². The SMILES string of the molecule is Cc1c(C[C@H](C)NC(=O)OC(C)(C)C)sc2c(N(Cc3c(F)cncc3F)C(=O)OC(C)(C)C)nc(Cl)nc12. The number of carbonyl (C=O) groups excluding carboxylic acids is 2. The number of nitrogens with one attached hydrogen (secondary N) is 1. The van der Waals surface area contributed by atoms with E-state index in [1.807, 2.05) is 13.8 Å². The molecule has 0 unspecified atom stereocenters. The molecule has 1 atom stereocenters. The van der Waals surface area contributed by atoms with Crippen LogP contribution in [-0.4, -0.2) is 44.4 Å². The monoisotopic (exact) mass is 583 g/mol. The number of hydrogen-bond acceptors (Lipinski definition) is 8. The Kier molecular flexibility index (Phi) is 9.01. The maximum absolute atomic E-state index is 14.6. The van der Waals surface area contributed by atoms with Gasteiger partial charge in [0, 0.05) is 22.9 Å². The van der Waals surface area contributed by atoms with Crippen molar-refractivity contribution in [2.24, 2.45) is 0 Å². The molecule has 9 nitrogen and oxygen atoms in total. The summed E-state index contributed by atoms with van der Waals surface area (Å²) < 4.78 is 40.5. The highest BCUT2D eigenvalue weighted by atomic mass is 35.5. The van der Waals surface area contributed by atoms with Crippen molar-refractivity contribution in [2.45, 2.75) is 85.6 Å². The van der Waals surface area contributed by atoms with Crippen LogP contribution in [-0.2, 0) is 22.4 Å². The summed E-state index contributed by atoms with van der Waals surface area (Å²) in [4.78, 5) is 39.6.